The lowest BCUT2D eigenvalue weighted by Gasteiger charge is -2.13. The van der Waals surface area contributed by atoms with Crippen LogP contribution < -0.4 is 18.9 Å². The van der Waals surface area contributed by atoms with Gasteiger partial charge < -0.3 is 23.9 Å². The van der Waals surface area contributed by atoms with Crippen molar-refractivity contribution in [1.29, 1.82) is 0 Å². The van der Waals surface area contributed by atoms with E-state index in [1.165, 1.54) is 11.1 Å². The monoisotopic (exact) mass is 646 g/mol. The van der Waals surface area contributed by atoms with Gasteiger partial charge in [0.25, 0.3) is 10.0 Å². The molecule has 2 aromatic heterocycles. The van der Waals surface area contributed by atoms with Crippen LogP contribution in [0.5, 0.6) is 23.0 Å². The number of hydrogen-bond acceptors (Lipinski definition) is 6. The van der Waals surface area contributed by atoms with Gasteiger partial charge in [-0.3, -0.25) is 0 Å². The van der Waals surface area contributed by atoms with E-state index in [0.29, 0.717) is 30.2 Å². The Hall–Kier alpha value is -5.67. The van der Waals surface area contributed by atoms with Crippen LogP contribution in [0.3, 0.4) is 0 Å². The minimum atomic E-state index is -3.70. The molecular formula is C38H34N2O6S. The molecule has 0 aliphatic heterocycles. The summed E-state index contributed by atoms with van der Waals surface area (Å²) in [7, 11) is -0.506. The lowest BCUT2D eigenvalue weighted by atomic mass is 10.2. The van der Waals surface area contributed by atoms with Crippen molar-refractivity contribution in [3.05, 3.63) is 151 Å². The van der Waals surface area contributed by atoms with Crippen LogP contribution in [0.2, 0.25) is 0 Å². The highest BCUT2D eigenvalue weighted by Crippen LogP contribution is 2.35. The van der Waals surface area contributed by atoms with Crippen molar-refractivity contribution in [3.63, 3.8) is 0 Å². The molecule has 7 aromatic rings. The van der Waals surface area contributed by atoms with Gasteiger partial charge in [0.05, 0.1) is 24.6 Å². The quantitative estimate of drug-likeness (QED) is 0.161. The van der Waals surface area contributed by atoms with Gasteiger partial charge in [0.1, 0.15) is 13.2 Å². The molecule has 0 atom stereocenters. The molecular weight excluding hydrogens is 612 g/mol. The predicted molar refractivity (Wildman–Crippen MR) is 184 cm³/mol. The zero-order valence-electron chi connectivity index (χ0n) is 26.0. The maximum absolute atomic E-state index is 13.0. The van der Waals surface area contributed by atoms with Crippen LogP contribution >= 0.6 is 0 Å². The molecule has 0 aliphatic carbocycles. The number of nitrogens with one attached hydrogen (secondary N) is 1. The van der Waals surface area contributed by atoms with Crippen molar-refractivity contribution >= 4 is 31.8 Å². The van der Waals surface area contributed by atoms with Crippen molar-refractivity contribution in [2.45, 2.75) is 18.1 Å². The maximum Gasteiger partial charge on any atom is 0.268 e. The summed E-state index contributed by atoms with van der Waals surface area (Å²) in [5, 5.41) is 1.87. The highest BCUT2D eigenvalue weighted by Gasteiger charge is 2.20. The predicted octanol–water partition coefficient (Wildman–Crippen LogP) is 8.22. The topological polar surface area (TPSA) is 91.8 Å². The minimum absolute atomic E-state index is 0.232. The molecule has 238 valence electrons. The summed E-state index contributed by atoms with van der Waals surface area (Å²) in [6.45, 7) is 0.929. The third-order valence-corrected chi connectivity index (χ3v) is 9.26. The molecule has 8 nitrogen and oxygen atoms in total. The maximum atomic E-state index is 13.0. The first-order valence-electron chi connectivity index (χ1n) is 14.9. The molecule has 5 aromatic carbocycles. The van der Waals surface area contributed by atoms with Gasteiger partial charge in [-0.05, 0) is 47.5 Å². The van der Waals surface area contributed by atoms with Crippen molar-refractivity contribution in [2.75, 3.05) is 14.2 Å². The smallest absolute Gasteiger partial charge is 0.268 e. The van der Waals surface area contributed by atoms with E-state index in [4.69, 9.17) is 18.9 Å². The van der Waals surface area contributed by atoms with Crippen molar-refractivity contribution < 1.29 is 27.4 Å². The Labute approximate surface area is 273 Å². The van der Waals surface area contributed by atoms with E-state index >= 15 is 0 Å². The van der Waals surface area contributed by atoms with Crippen LogP contribution in [-0.4, -0.2) is 31.6 Å². The van der Waals surface area contributed by atoms with E-state index < -0.39 is 10.0 Å². The third kappa shape index (κ3) is 7.10. The number of methoxy groups -OCH3 is 2. The molecule has 0 saturated heterocycles. The number of rotatable bonds is 10. The SMILES string of the molecule is COc1cc2[nH]ccc2cc1OCc1ccccc1.COc1cc2c(ccn2S(=O)(=O)c2ccccc2)cc1OCc1ccccc1. The Bertz CT molecular complexity index is 2180. The summed E-state index contributed by atoms with van der Waals surface area (Å²) in [5.41, 5.74) is 3.75. The zero-order valence-corrected chi connectivity index (χ0v) is 26.8. The first-order valence-corrected chi connectivity index (χ1v) is 16.4. The van der Waals surface area contributed by atoms with E-state index in [1.54, 1.807) is 61.8 Å². The lowest BCUT2D eigenvalue weighted by molar-refractivity contribution is 0.285. The van der Waals surface area contributed by atoms with E-state index in [1.807, 2.05) is 85.1 Å². The van der Waals surface area contributed by atoms with Crippen LogP contribution in [0.1, 0.15) is 11.1 Å². The van der Waals surface area contributed by atoms with Gasteiger partial charge in [-0.1, -0.05) is 78.9 Å². The average Bonchev–Trinajstić information content (AvgIpc) is 3.77. The Morgan fingerprint density at radius 1 is 0.596 bits per heavy atom. The number of ether oxygens (including phenoxy) is 4. The molecule has 47 heavy (non-hydrogen) atoms. The second kappa shape index (κ2) is 14.2. The number of H-pyrrole nitrogens is 1. The summed E-state index contributed by atoms with van der Waals surface area (Å²) >= 11 is 0. The van der Waals surface area contributed by atoms with E-state index in [-0.39, 0.29) is 4.90 Å². The number of aromatic amines is 1. The van der Waals surface area contributed by atoms with Crippen molar-refractivity contribution in [1.82, 2.24) is 8.96 Å². The number of aromatic nitrogens is 2. The summed E-state index contributed by atoms with van der Waals surface area (Å²) in [4.78, 5) is 3.39. The number of hydrogen-bond donors (Lipinski definition) is 1. The number of nitrogens with zero attached hydrogens (tertiary/aromatic N) is 1. The molecule has 0 saturated carbocycles. The minimum Gasteiger partial charge on any atom is -0.493 e. The van der Waals surface area contributed by atoms with Crippen LogP contribution in [-0.2, 0) is 23.2 Å². The Kier molecular flexibility index (Phi) is 9.45. The fourth-order valence-corrected chi connectivity index (χ4v) is 6.47. The van der Waals surface area contributed by atoms with Gasteiger partial charge in [0.2, 0.25) is 0 Å². The largest absolute Gasteiger partial charge is 0.493 e. The van der Waals surface area contributed by atoms with Gasteiger partial charge in [-0.25, -0.2) is 12.4 Å². The third-order valence-electron chi connectivity index (χ3n) is 7.55. The van der Waals surface area contributed by atoms with Crippen LogP contribution in [0.4, 0.5) is 0 Å². The standard InChI is InChI=1S/C22H19NO4S.C16H15NO2/c1-26-21-15-20-18(14-22(21)27-16-17-8-4-2-5-9-17)12-13-23(20)28(24,25)19-10-6-3-7-11-19;1-18-15-10-14-13(7-8-17-14)9-16(15)19-11-12-5-3-2-4-6-12/h2-15H,16H2,1H3;2-10,17H,11H2,1H3. The van der Waals surface area contributed by atoms with Gasteiger partial charge >= 0.3 is 0 Å². The first kappa shape index (κ1) is 31.3. The zero-order chi connectivity index (χ0) is 32.6. The first-order chi connectivity index (χ1) is 23.0. The summed E-state index contributed by atoms with van der Waals surface area (Å²) in [6.07, 6.45) is 3.46. The summed E-state index contributed by atoms with van der Waals surface area (Å²) in [6, 6.07) is 39.5. The molecule has 9 heteroatoms. The van der Waals surface area contributed by atoms with Gasteiger partial charge in [-0.2, -0.15) is 0 Å². The second-order valence-corrected chi connectivity index (χ2v) is 12.4. The summed E-state index contributed by atoms with van der Waals surface area (Å²) in [5.74, 6) is 2.55. The molecule has 2 heterocycles. The molecule has 0 aliphatic rings. The Morgan fingerprint density at radius 2 is 1.13 bits per heavy atom. The molecule has 0 amide bonds. The second-order valence-electron chi connectivity index (χ2n) is 10.6. The Morgan fingerprint density at radius 3 is 1.70 bits per heavy atom. The number of fused-ring (bicyclic) bond motifs is 2. The fourth-order valence-electron chi connectivity index (χ4n) is 5.11. The summed E-state index contributed by atoms with van der Waals surface area (Å²) < 4.78 is 49.8. The van der Waals surface area contributed by atoms with E-state index in [9.17, 15) is 8.42 Å². The molecule has 7 rings (SSSR count). The molecule has 0 unspecified atom stereocenters. The number of benzene rings is 5. The van der Waals surface area contributed by atoms with Gasteiger partial charge in [-0.15, -0.1) is 0 Å². The van der Waals surface area contributed by atoms with Crippen molar-refractivity contribution in [2.24, 2.45) is 0 Å². The highest BCUT2D eigenvalue weighted by atomic mass is 32.2. The normalized spacial score (nSPS) is 11.1. The van der Waals surface area contributed by atoms with Crippen LogP contribution in [0.15, 0.2) is 145 Å². The molecule has 0 fully saturated rings. The molecule has 0 radical (unpaired) electrons. The molecule has 0 spiro atoms. The highest BCUT2D eigenvalue weighted by molar-refractivity contribution is 7.90. The van der Waals surface area contributed by atoms with Crippen LogP contribution in [0, 0.1) is 0 Å². The fraction of sp³-hybridized carbons (Fsp3) is 0.105. The van der Waals surface area contributed by atoms with Crippen molar-refractivity contribution in [3.8, 4) is 23.0 Å². The van der Waals surface area contributed by atoms with Gasteiger partial charge in [0, 0.05) is 40.8 Å². The Balaban J connectivity index is 0.000000177. The molecule has 1 N–H and O–H groups in total. The average molecular weight is 647 g/mol. The molecule has 0 bridgehead atoms. The van der Waals surface area contributed by atoms with Crippen LogP contribution in [0.25, 0.3) is 21.8 Å². The lowest BCUT2D eigenvalue weighted by Crippen LogP contribution is -2.11. The van der Waals surface area contributed by atoms with E-state index in [0.717, 1.165) is 38.9 Å². The van der Waals surface area contributed by atoms with Gasteiger partial charge in [0.15, 0.2) is 23.0 Å². The van der Waals surface area contributed by atoms with E-state index in [2.05, 4.69) is 4.98 Å².